The number of benzene rings is 2. The van der Waals surface area contributed by atoms with Crippen molar-refractivity contribution in [3.05, 3.63) is 71.5 Å². The lowest BCUT2D eigenvalue weighted by Crippen LogP contribution is -2.54. The molecule has 2 amide bonds. The summed E-state index contributed by atoms with van der Waals surface area (Å²) in [5.74, 6) is -0.396. The van der Waals surface area contributed by atoms with Gasteiger partial charge in [-0.3, -0.25) is 14.9 Å². The molecule has 2 aromatic carbocycles. The fourth-order valence-electron chi connectivity index (χ4n) is 3.55. The summed E-state index contributed by atoms with van der Waals surface area (Å²) in [5.41, 5.74) is 0.965. The molecule has 2 heterocycles. The van der Waals surface area contributed by atoms with Crippen molar-refractivity contribution in [1.82, 2.24) is 5.32 Å². The summed E-state index contributed by atoms with van der Waals surface area (Å²) in [5, 5.41) is 2.43. The number of hydrogen-bond acceptors (Lipinski definition) is 8. The molecule has 0 unspecified atom stereocenters. The fraction of sp³-hybridized carbons (Fsp3) is 0.120. The van der Waals surface area contributed by atoms with Gasteiger partial charge in [0.05, 0.1) is 32.6 Å². The summed E-state index contributed by atoms with van der Waals surface area (Å²) < 4.78 is 21.3. The van der Waals surface area contributed by atoms with Gasteiger partial charge in [0.1, 0.15) is 28.6 Å². The second-order valence-corrected chi connectivity index (χ2v) is 7.62. The number of furan rings is 1. The van der Waals surface area contributed by atoms with E-state index in [0.29, 0.717) is 34.1 Å². The molecule has 35 heavy (non-hydrogen) atoms. The van der Waals surface area contributed by atoms with Crippen LogP contribution >= 0.6 is 12.2 Å². The van der Waals surface area contributed by atoms with E-state index in [1.165, 1.54) is 27.4 Å². The van der Waals surface area contributed by atoms with Crippen LogP contribution in [0.15, 0.2) is 64.6 Å². The minimum atomic E-state index is -0.670. The van der Waals surface area contributed by atoms with E-state index in [9.17, 15) is 14.4 Å². The maximum atomic E-state index is 13.4. The molecule has 0 spiro atoms. The molecule has 1 aliphatic rings. The highest BCUT2D eigenvalue weighted by atomic mass is 32.1. The summed E-state index contributed by atoms with van der Waals surface area (Å²) in [4.78, 5) is 39.3. The number of anilines is 1. The number of methoxy groups -OCH3 is 3. The van der Waals surface area contributed by atoms with Crippen LogP contribution in [0.5, 0.6) is 11.5 Å². The summed E-state index contributed by atoms with van der Waals surface area (Å²) in [6.07, 6.45) is 1.31. The summed E-state index contributed by atoms with van der Waals surface area (Å²) in [6.45, 7) is 0. The number of carbonyl (C=O) groups is 3. The molecule has 9 nitrogen and oxygen atoms in total. The second-order valence-electron chi connectivity index (χ2n) is 7.23. The van der Waals surface area contributed by atoms with Gasteiger partial charge < -0.3 is 18.6 Å². The molecule has 4 rings (SSSR count). The maximum Gasteiger partial charge on any atom is 0.338 e. The molecule has 0 atom stereocenters. The molecule has 0 bridgehead atoms. The van der Waals surface area contributed by atoms with Crippen LogP contribution in [0.4, 0.5) is 5.69 Å². The van der Waals surface area contributed by atoms with Gasteiger partial charge in [-0.2, -0.15) is 0 Å². The van der Waals surface area contributed by atoms with E-state index in [1.807, 2.05) is 0 Å². The van der Waals surface area contributed by atoms with E-state index in [1.54, 1.807) is 54.6 Å². The van der Waals surface area contributed by atoms with Crippen molar-refractivity contribution in [1.29, 1.82) is 0 Å². The van der Waals surface area contributed by atoms with Crippen molar-refractivity contribution < 1.29 is 33.0 Å². The predicted octanol–water partition coefficient (Wildman–Crippen LogP) is 3.58. The van der Waals surface area contributed by atoms with Crippen molar-refractivity contribution in [3.8, 4) is 22.8 Å². The van der Waals surface area contributed by atoms with Gasteiger partial charge in [0, 0.05) is 11.6 Å². The van der Waals surface area contributed by atoms with Crippen LogP contribution in [0, 0.1) is 0 Å². The molecular formula is C25H20N2O7S. The fourth-order valence-corrected chi connectivity index (χ4v) is 3.82. The summed E-state index contributed by atoms with van der Waals surface area (Å²) in [6, 6.07) is 14.8. The Hall–Kier alpha value is -4.44. The molecule has 1 aromatic heterocycles. The van der Waals surface area contributed by atoms with E-state index >= 15 is 0 Å². The number of nitrogens with zero attached hydrogens (tertiary/aromatic N) is 1. The minimum absolute atomic E-state index is 0.0900. The third kappa shape index (κ3) is 4.51. The van der Waals surface area contributed by atoms with Crippen LogP contribution in [-0.2, 0) is 14.3 Å². The third-order valence-electron chi connectivity index (χ3n) is 5.24. The zero-order valence-electron chi connectivity index (χ0n) is 19.0. The van der Waals surface area contributed by atoms with Crippen molar-refractivity contribution in [3.63, 3.8) is 0 Å². The number of hydrogen-bond donors (Lipinski definition) is 1. The van der Waals surface area contributed by atoms with Gasteiger partial charge in [-0.15, -0.1) is 0 Å². The molecule has 1 aliphatic heterocycles. The van der Waals surface area contributed by atoms with Crippen LogP contribution in [0.1, 0.15) is 16.1 Å². The number of carbonyl (C=O) groups excluding carboxylic acids is 3. The number of esters is 1. The van der Waals surface area contributed by atoms with Gasteiger partial charge in [0.15, 0.2) is 5.11 Å². The van der Waals surface area contributed by atoms with E-state index in [-0.39, 0.29) is 16.4 Å². The monoisotopic (exact) mass is 492 g/mol. The quantitative estimate of drug-likeness (QED) is 0.241. The smallest absolute Gasteiger partial charge is 0.338 e. The zero-order valence-corrected chi connectivity index (χ0v) is 19.8. The standard InChI is InChI=1S/C25H20N2O7S/c1-31-14-8-10-19(21(13-14)32-2)27-23(29)18(22(28)26-25(27)35)12-15-9-11-20(34-15)16-6-4-5-7-17(16)24(30)33-3/h4-13H,1-3H3,(H,26,28,35)/b18-12+. The molecule has 1 N–H and O–H groups in total. The SMILES string of the molecule is COC(=O)c1ccccc1-c1ccc(/C=C2\C(=O)NC(=S)N(c3ccc(OC)cc3OC)C2=O)o1. The number of nitrogens with one attached hydrogen (secondary N) is 1. The van der Waals surface area contributed by atoms with Gasteiger partial charge in [0.25, 0.3) is 11.8 Å². The second kappa shape index (κ2) is 9.82. The Labute approximate surface area is 205 Å². The van der Waals surface area contributed by atoms with Crippen LogP contribution in [0.3, 0.4) is 0 Å². The van der Waals surface area contributed by atoms with Crippen LogP contribution in [0.2, 0.25) is 0 Å². The molecule has 0 radical (unpaired) electrons. The minimum Gasteiger partial charge on any atom is -0.497 e. The molecule has 3 aromatic rings. The lowest BCUT2D eigenvalue weighted by Gasteiger charge is -2.29. The highest BCUT2D eigenvalue weighted by molar-refractivity contribution is 7.80. The van der Waals surface area contributed by atoms with E-state index in [2.05, 4.69) is 5.32 Å². The lowest BCUT2D eigenvalue weighted by molar-refractivity contribution is -0.122. The van der Waals surface area contributed by atoms with Crippen molar-refractivity contribution in [2.24, 2.45) is 0 Å². The number of ether oxygens (including phenoxy) is 3. The molecular weight excluding hydrogens is 472 g/mol. The third-order valence-corrected chi connectivity index (χ3v) is 5.53. The molecule has 178 valence electrons. The first-order valence-corrected chi connectivity index (χ1v) is 10.7. The maximum absolute atomic E-state index is 13.4. The molecule has 1 fully saturated rings. The zero-order chi connectivity index (χ0) is 25.1. The normalized spacial score (nSPS) is 14.7. The average molecular weight is 493 g/mol. The Kier molecular flexibility index (Phi) is 6.65. The Bertz CT molecular complexity index is 1380. The Morgan fingerprint density at radius 1 is 1.03 bits per heavy atom. The Morgan fingerprint density at radius 3 is 2.51 bits per heavy atom. The van der Waals surface area contributed by atoms with Crippen molar-refractivity contribution >= 4 is 46.9 Å². The van der Waals surface area contributed by atoms with Gasteiger partial charge in [-0.25, -0.2) is 9.69 Å². The first-order chi connectivity index (χ1) is 16.9. The van der Waals surface area contributed by atoms with E-state index in [4.69, 9.17) is 30.8 Å². The summed E-state index contributed by atoms with van der Waals surface area (Å²) in [7, 11) is 4.24. The van der Waals surface area contributed by atoms with Crippen LogP contribution in [-0.4, -0.2) is 44.2 Å². The van der Waals surface area contributed by atoms with E-state index in [0.717, 1.165) is 4.90 Å². The van der Waals surface area contributed by atoms with Gasteiger partial charge in [0.2, 0.25) is 0 Å². The average Bonchev–Trinajstić information content (AvgIpc) is 3.34. The first-order valence-electron chi connectivity index (χ1n) is 10.3. The topological polar surface area (TPSA) is 107 Å². The van der Waals surface area contributed by atoms with Crippen LogP contribution in [0.25, 0.3) is 17.4 Å². The molecule has 10 heteroatoms. The van der Waals surface area contributed by atoms with Crippen molar-refractivity contribution in [2.45, 2.75) is 0 Å². The number of thiocarbonyl (C=S) groups is 1. The summed E-state index contributed by atoms with van der Waals surface area (Å²) >= 11 is 5.26. The van der Waals surface area contributed by atoms with Crippen molar-refractivity contribution in [2.75, 3.05) is 26.2 Å². The molecule has 1 saturated heterocycles. The number of rotatable bonds is 6. The Balaban J connectivity index is 1.71. The van der Waals surface area contributed by atoms with Gasteiger partial charge in [-0.05, 0) is 48.6 Å². The van der Waals surface area contributed by atoms with Gasteiger partial charge in [-0.1, -0.05) is 18.2 Å². The largest absolute Gasteiger partial charge is 0.497 e. The highest BCUT2D eigenvalue weighted by Gasteiger charge is 2.36. The first kappa shape index (κ1) is 23.7. The molecule has 0 aliphatic carbocycles. The Morgan fingerprint density at radius 2 is 1.80 bits per heavy atom. The van der Waals surface area contributed by atoms with Crippen LogP contribution < -0.4 is 19.7 Å². The molecule has 0 saturated carbocycles. The number of amides is 2. The van der Waals surface area contributed by atoms with E-state index < -0.39 is 17.8 Å². The lowest BCUT2D eigenvalue weighted by atomic mass is 10.1. The van der Waals surface area contributed by atoms with Gasteiger partial charge >= 0.3 is 5.97 Å². The highest BCUT2D eigenvalue weighted by Crippen LogP contribution is 2.35. The predicted molar refractivity (Wildman–Crippen MR) is 131 cm³/mol.